The molecular weight excluding hydrogens is 518 g/mol. The number of carboxylic acids is 1. The van der Waals surface area contributed by atoms with Crippen molar-refractivity contribution >= 4 is 18.0 Å². The van der Waals surface area contributed by atoms with E-state index in [0.717, 1.165) is 16.7 Å². The van der Waals surface area contributed by atoms with Crippen LogP contribution in [0.4, 0.5) is 4.79 Å². The average molecular weight is 554 g/mol. The minimum atomic E-state index is -1.30. The van der Waals surface area contributed by atoms with Crippen molar-refractivity contribution in [3.05, 3.63) is 95.6 Å². The van der Waals surface area contributed by atoms with Gasteiger partial charge >= 0.3 is 12.1 Å². The Bertz CT molecular complexity index is 1400. The Morgan fingerprint density at radius 2 is 1.56 bits per heavy atom. The van der Waals surface area contributed by atoms with Crippen LogP contribution in [0.15, 0.2) is 78.9 Å². The lowest BCUT2D eigenvalue weighted by Gasteiger charge is -2.28. The quantitative estimate of drug-likeness (QED) is 0.378. The van der Waals surface area contributed by atoms with Gasteiger partial charge in [-0.25, -0.2) is 9.59 Å². The molecule has 3 aliphatic rings. The smallest absolute Gasteiger partial charge is 0.407 e. The summed E-state index contributed by atoms with van der Waals surface area (Å²) in [6.45, 7) is 1.73. The molecule has 0 radical (unpaired) electrons. The van der Waals surface area contributed by atoms with Crippen LogP contribution in [0.2, 0.25) is 0 Å². The summed E-state index contributed by atoms with van der Waals surface area (Å²) in [6.07, 6.45) is 1.55. The number of carboxylic acid groups (broad SMARTS) is 1. The van der Waals surface area contributed by atoms with Gasteiger partial charge in [0.15, 0.2) is 5.54 Å². The molecule has 2 amide bonds. The summed E-state index contributed by atoms with van der Waals surface area (Å²) in [5, 5.41) is 15.9. The number of alkyl carbamates (subject to hydrolysis) is 1. The maximum Gasteiger partial charge on any atom is 0.407 e. The molecular formula is C33H35N3O5. The number of aliphatic carboxylic acids is 1. The highest BCUT2D eigenvalue weighted by Crippen LogP contribution is 2.44. The van der Waals surface area contributed by atoms with E-state index in [1.807, 2.05) is 54.6 Å². The molecule has 0 bridgehead atoms. The number of ether oxygens (including phenoxy) is 1. The van der Waals surface area contributed by atoms with Gasteiger partial charge < -0.3 is 20.5 Å². The number of likely N-dealkylation sites (tertiary alicyclic amines) is 1. The first-order chi connectivity index (χ1) is 19.9. The summed E-state index contributed by atoms with van der Waals surface area (Å²) < 4.78 is 5.68. The summed E-state index contributed by atoms with van der Waals surface area (Å²) in [6, 6.07) is 26.1. The fraction of sp³-hybridized carbons (Fsp3) is 0.364. The Hall–Kier alpha value is -4.17. The van der Waals surface area contributed by atoms with Gasteiger partial charge in [-0.15, -0.1) is 0 Å². The molecule has 1 saturated heterocycles. The SMILES string of the molecule is O=C(N[C@H]1CC[C@@H](C(=O)NC2(C(=O)O)CCN(Cc3ccccc3)C2)C1)OCC1c2ccccc2-c2ccccc21. The third-order valence-electron chi connectivity index (χ3n) is 8.84. The molecule has 2 aliphatic carbocycles. The van der Waals surface area contributed by atoms with E-state index in [4.69, 9.17) is 4.74 Å². The van der Waals surface area contributed by atoms with Gasteiger partial charge in [0.25, 0.3) is 0 Å². The Kier molecular flexibility index (Phi) is 7.49. The van der Waals surface area contributed by atoms with Crippen molar-refractivity contribution in [1.29, 1.82) is 0 Å². The highest BCUT2D eigenvalue weighted by Gasteiger charge is 2.47. The van der Waals surface area contributed by atoms with Crippen molar-refractivity contribution < 1.29 is 24.2 Å². The number of fused-ring (bicyclic) bond motifs is 3. The summed E-state index contributed by atoms with van der Waals surface area (Å²) in [5.41, 5.74) is 4.46. The molecule has 1 saturated carbocycles. The third kappa shape index (κ3) is 5.57. The lowest BCUT2D eigenvalue weighted by atomic mass is 9.96. The van der Waals surface area contributed by atoms with Crippen molar-refractivity contribution in [2.75, 3.05) is 19.7 Å². The van der Waals surface area contributed by atoms with E-state index in [0.29, 0.717) is 38.8 Å². The zero-order chi connectivity index (χ0) is 28.4. The Morgan fingerprint density at radius 3 is 2.24 bits per heavy atom. The topological polar surface area (TPSA) is 108 Å². The number of amides is 2. The molecule has 1 heterocycles. The summed E-state index contributed by atoms with van der Waals surface area (Å²) in [4.78, 5) is 40.3. The molecule has 1 unspecified atom stereocenters. The molecule has 1 aliphatic heterocycles. The molecule has 3 aromatic rings. The van der Waals surface area contributed by atoms with Crippen LogP contribution >= 0.6 is 0 Å². The maximum atomic E-state index is 13.2. The van der Waals surface area contributed by atoms with Crippen LogP contribution in [-0.4, -0.2) is 59.3 Å². The summed E-state index contributed by atoms with van der Waals surface area (Å²) in [5.74, 6) is -1.64. The molecule has 8 nitrogen and oxygen atoms in total. The minimum absolute atomic E-state index is 0.0182. The van der Waals surface area contributed by atoms with Crippen molar-refractivity contribution in [3.8, 4) is 11.1 Å². The highest BCUT2D eigenvalue weighted by atomic mass is 16.5. The largest absolute Gasteiger partial charge is 0.479 e. The van der Waals surface area contributed by atoms with Crippen molar-refractivity contribution in [2.24, 2.45) is 5.92 Å². The molecule has 2 fully saturated rings. The molecule has 3 N–H and O–H groups in total. The lowest BCUT2D eigenvalue weighted by Crippen LogP contribution is -2.57. The Labute approximate surface area is 239 Å². The number of hydrogen-bond acceptors (Lipinski definition) is 5. The second-order valence-electron chi connectivity index (χ2n) is 11.5. The van der Waals surface area contributed by atoms with E-state index in [9.17, 15) is 19.5 Å². The predicted octanol–water partition coefficient (Wildman–Crippen LogP) is 4.54. The maximum absolute atomic E-state index is 13.2. The van der Waals surface area contributed by atoms with Crippen LogP contribution in [0, 0.1) is 5.92 Å². The van der Waals surface area contributed by atoms with Gasteiger partial charge in [0.05, 0.1) is 0 Å². The fourth-order valence-corrected chi connectivity index (χ4v) is 6.69. The van der Waals surface area contributed by atoms with Crippen LogP contribution < -0.4 is 10.6 Å². The van der Waals surface area contributed by atoms with E-state index in [-0.39, 0.29) is 36.9 Å². The van der Waals surface area contributed by atoms with Gasteiger partial charge in [0.2, 0.25) is 5.91 Å². The second kappa shape index (κ2) is 11.4. The third-order valence-corrected chi connectivity index (χ3v) is 8.84. The van der Waals surface area contributed by atoms with Crippen LogP contribution in [-0.2, 0) is 20.9 Å². The van der Waals surface area contributed by atoms with Crippen LogP contribution in [0.25, 0.3) is 11.1 Å². The molecule has 41 heavy (non-hydrogen) atoms. The van der Waals surface area contributed by atoms with Crippen LogP contribution in [0.5, 0.6) is 0 Å². The molecule has 212 valence electrons. The fourth-order valence-electron chi connectivity index (χ4n) is 6.69. The average Bonchev–Trinajstić information content (AvgIpc) is 3.69. The normalized spacial score (nSPS) is 23.5. The van der Waals surface area contributed by atoms with E-state index in [1.54, 1.807) is 0 Å². The van der Waals surface area contributed by atoms with Gasteiger partial charge in [-0.2, -0.15) is 0 Å². The molecule has 8 heteroatoms. The predicted molar refractivity (Wildman–Crippen MR) is 154 cm³/mol. The van der Waals surface area contributed by atoms with E-state index in [1.165, 1.54) is 11.1 Å². The molecule has 0 spiro atoms. The Morgan fingerprint density at radius 1 is 0.902 bits per heavy atom. The molecule has 3 atom stereocenters. The lowest BCUT2D eigenvalue weighted by molar-refractivity contribution is -0.147. The van der Waals surface area contributed by atoms with Crippen molar-refractivity contribution in [2.45, 2.75) is 49.7 Å². The van der Waals surface area contributed by atoms with E-state index >= 15 is 0 Å². The summed E-state index contributed by atoms with van der Waals surface area (Å²) >= 11 is 0. The van der Waals surface area contributed by atoms with Crippen LogP contribution in [0.1, 0.15) is 48.3 Å². The minimum Gasteiger partial charge on any atom is -0.479 e. The highest BCUT2D eigenvalue weighted by molar-refractivity contribution is 5.89. The summed E-state index contributed by atoms with van der Waals surface area (Å²) in [7, 11) is 0. The van der Waals surface area contributed by atoms with Gasteiger partial charge in [0.1, 0.15) is 6.61 Å². The van der Waals surface area contributed by atoms with Gasteiger partial charge in [0, 0.05) is 37.5 Å². The number of rotatable bonds is 8. The number of hydrogen-bond donors (Lipinski definition) is 3. The van der Waals surface area contributed by atoms with Crippen molar-refractivity contribution in [1.82, 2.24) is 15.5 Å². The van der Waals surface area contributed by atoms with Gasteiger partial charge in [-0.1, -0.05) is 78.9 Å². The second-order valence-corrected chi connectivity index (χ2v) is 11.5. The number of nitrogens with zero attached hydrogens (tertiary/aromatic N) is 1. The number of benzene rings is 3. The first kappa shape index (κ1) is 27.0. The molecule has 0 aromatic heterocycles. The van der Waals surface area contributed by atoms with Gasteiger partial charge in [-0.3, -0.25) is 9.69 Å². The van der Waals surface area contributed by atoms with Crippen LogP contribution in [0.3, 0.4) is 0 Å². The standard InChI is InChI=1S/C33H35N3O5/c37-30(35-33(31(38)39)16-17-36(21-33)19-22-8-2-1-3-9-22)23-14-15-24(18-23)34-32(40)41-20-29-27-12-6-4-10-25(27)26-11-5-7-13-28(26)29/h1-13,23-24,29H,14-21H2,(H,34,40)(H,35,37)(H,38,39)/t23-,24+,33?/m1/s1. The number of nitrogens with one attached hydrogen (secondary N) is 2. The first-order valence-corrected chi connectivity index (χ1v) is 14.3. The number of carbonyl (C=O) groups excluding carboxylic acids is 2. The van der Waals surface area contributed by atoms with Gasteiger partial charge in [-0.05, 0) is 53.5 Å². The monoisotopic (exact) mass is 553 g/mol. The van der Waals surface area contributed by atoms with E-state index in [2.05, 4.69) is 39.8 Å². The van der Waals surface area contributed by atoms with Crippen molar-refractivity contribution in [3.63, 3.8) is 0 Å². The number of carbonyl (C=O) groups is 3. The molecule has 3 aromatic carbocycles. The van der Waals surface area contributed by atoms with E-state index < -0.39 is 17.6 Å². The first-order valence-electron chi connectivity index (χ1n) is 14.3. The zero-order valence-electron chi connectivity index (χ0n) is 22.9. The Balaban J connectivity index is 1.01. The molecule has 6 rings (SSSR count). The zero-order valence-corrected chi connectivity index (χ0v) is 22.9.